The van der Waals surface area contributed by atoms with Crippen LogP contribution in [0.5, 0.6) is 0 Å². The molecule has 2 heterocycles. The molecule has 0 aliphatic rings. The summed E-state index contributed by atoms with van der Waals surface area (Å²) >= 11 is 0. The van der Waals surface area contributed by atoms with Crippen molar-refractivity contribution < 1.29 is 0 Å². The fraction of sp³-hybridized carbons (Fsp3) is 0.385. The maximum atomic E-state index is 12.1. The maximum absolute atomic E-state index is 12.1. The molecule has 0 fully saturated rings. The molecule has 0 spiro atoms. The number of aryl methyl sites for hydroxylation is 1. The van der Waals surface area contributed by atoms with E-state index in [1.165, 1.54) is 17.8 Å². The smallest absolute Gasteiger partial charge is 0.279 e. The Hall–Kier alpha value is -2.20. The van der Waals surface area contributed by atoms with E-state index in [0.717, 1.165) is 4.57 Å². The van der Waals surface area contributed by atoms with Crippen molar-refractivity contribution in [2.45, 2.75) is 19.6 Å². The van der Waals surface area contributed by atoms with Gasteiger partial charge < -0.3 is 0 Å². The van der Waals surface area contributed by atoms with E-state index in [0.29, 0.717) is 5.69 Å². The van der Waals surface area contributed by atoms with E-state index >= 15 is 0 Å². The monoisotopic (exact) mass is 288 g/mol. The molecule has 0 bridgehead atoms. The Morgan fingerprint density at radius 1 is 1.15 bits per heavy atom. The molecular weight excluding hydrogens is 272 g/mol. The standard InChI is InChI=1S/C13H16N4O2Si/c1-16-11-10(12(18)17(2)13(16)19)15-9(8-14-11)6-7-20(3,4)5/h8H,1-5H3. The van der Waals surface area contributed by atoms with Gasteiger partial charge in [0, 0.05) is 14.1 Å². The first-order valence-electron chi connectivity index (χ1n) is 6.16. The van der Waals surface area contributed by atoms with Crippen molar-refractivity contribution in [2.75, 3.05) is 0 Å². The van der Waals surface area contributed by atoms with Crippen LogP contribution in [0.4, 0.5) is 0 Å². The first kappa shape index (κ1) is 14.2. The van der Waals surface area contributed by atoms with Crippen molar-refractivity contribution in [1.82, 2.24) is 19.1 Å². The number of rotatable bonds is 0. The SMILES string of the molecule is Cn1c(=O)c2nc(C#C[Si](C)(C)C)cnc2n(C)c1=O. The Morgan fingerprint density at radius 3 is 2.40 bits per heavy atom. The number of fused-ring (bicyclic) bond motifs is 1. The summed E-state index contributed by atoms with van der Waals surface area (Å²) in [6, 6.07) is 0. The molecule has 7 heteroatoms. The highest BCUT2D eigenvalue weighted by atomic mass is 28.3. The summed E-state index contributed by atoms with van der Waals surface area (Å²) < 4.78 is 2.33. The van der Waals surface area contributed by atoms with E-state index in [-0.39, 0.29) is 11.2 Å². The Labute approximate surface area is 117 Å². The third-order valence-electron chi connectivity index (χ3n) is 2.72. The van der Waals surface area contributed by atoms with Crippen molar-refractivity contribution in [3.8, 4) is 11.5 Å². The molecule has 2 rings (SSSR count). The summed E-state index contributed by atoms with van der Waals surface area (Å²) in [5.74, 6) is 2.96. The first-order chi connectivity index (χ1) is 9.20. The second-order valence-corrected chi connectivity index (χ2v) is 10.4. The predicted octanol–water partition coefficient (Wildman–Crippen LogP) is 0.256. The minimum atomic E-state index is -1.52. The highest BCUT2D eigenvalue weighted by molar-refractivity contribution is 6.83. The third-order valence-corrected chi connectivity index (χ3v) is 3.59. The maximum Gasteiger partial charge on any atom is 0.332 e. The molecule has 0 radical (unpaired) electrons. The van der Waals surface area contributed by atoms with Crippen LogP contribution < -0.4 is 11.2 Å². The van der Waals surface area contributed by atoms with Crippen molar-refractivity contribution in [3.05, 3.63) is 32.7 Å². The average Bonchev–Trinajstić information content (AvgIpc) is 2.39. The van der Waals surface area contributed by atoms with Crippen molar-refractivity contribution >= 4 is 19.2 Å². The van der Waals surface area contributed by atoms with Crippen LogP contribution in [0, 0.1) is 11.5 Å². The fourth-order valence-electron chi connectivity index (χ4n) is 1.64. The van der Waals surface area contributed by atoms with Crippen LogP contribution in [0.2, 0.25) is 19.6 Å². The van der Waals surface area contributed by atoms with E-state index in [1.54, 1.807) is 7.05 Å². The van der Waals surface area contributed by atoms with E-state index in [2.05, 4.69) is 41.1 Å². The van der Waals surface area contributed by atoms with Gasteiger partial charge in [-0.2, -0.15) is 0 Å². The molecule has 2 aromatic heterocycles. The molecule has 0 saturated carbocycles. The molecule has 104 valence electrons. The molecule has 0 saturated heterocycles. The van der Waals surface area contributed by atoms with Crippen molar-refractivity contribution in [1.29, 1.82) is 0 Å². The quantitative estimate of drug-likeness (QED) is 0.515. The van der Waals surface area contributed by atoms with Gasteiger partial charge in [-0.3, -0.25) is 13.9 Å². The lowest BCUT2D eigenvalue weighted by atomic mass is 10.4. The van der Waals surface area contributed by atoms with Crippen molar-refractivity contribution in [2.24, 2.45) is 14.1 Å². The Kier molecular flexibility index (Phi) is 3.35. The average molecular weight is 288 g/mol. The minimum Gasteiger partial charge on any atom is -0.279 e. The Balaban J connectivity index is 2.75. The molecule has 0 atom stereocenters. The van der Waals surface area contributed by atoms with Crippen LogP contribution in [0.3, 0.4) is 0 Å². The Bertz CT molecular complexity index is 863. The molecule has 0 aliphatic carbocycles. The van der Waals surface area contributed by atoms with Gasteiger partial charge >= 0.3 is 5.69 Å². The summed E-state index contributed by atoms with van der Waals surface area (Å²) in [7, 11) is 1.47. The molecule has 0 aromatic carbocycles. The molecule has 20 heavy (non-hydrogen) atoms. The number of aromatic nitrogens is 4. The first-order valence-corrected chi connectivity index (χ1v) is 9.66. The van der Waals surface area contributed by atoms with Gasteiger partial charge in [0.25, 0.3) is 5.56 Å². The van der Waals surface area contributed by atoms with Gasteiger partial charge in [-0.05, 0) is 0 Å². The van der Waals surface area contributed by atoms with Crippen LogP contribution >= 0.6 is 0 Å². The summed E-state index contributed by atoms with van der Waals surface area (Å²) in [6.45, 7) is 6.37. The highest BCUT2D eigenvalue weighted by Gasteiger charge is 2.12. The number of hydrogen-bond donors (Lipinski definition) is 0. The van der Waals surface area contributed by atoms with E-state index in [4.69, 9.17) is 0 Å². The zero-order valence-corrected chi connectivity index (χ0v) is 13.2. The summed E-state index contributed by atoms with van der Waals surface area (Å²) in [6.07, 6.45) is 1.49. The zero-order valence-electron chi connectivity index (χ0n) is 12.2. The molecule has 0 N–H and O–H groups in total. The van der Waals surface area contributed by atoms with Gasteiger partial charge in [-0.25, -0.2) is 14.8 Å². The lowest BCUT2D eigenvalue weighted by Gasteiger charge is -2.06. The second kappa shape index (κ2) is 4.72. The lowest BCUT2D eigenvalue weighted by molar-refractivity contribution is 0.704. The topological polar surface area (TPSA) is 69.8 Å². The van der Waals surface area contributed by atoms with E-state index < -0.39 is 19.3 Å². The van der Waals surface area contributed by atoms with E-state index in [9.17, 15) is 9.59 Å². The highest BCUT2D eigenvalue weighted by Crippen LogP contribution is 2.02. The van der Waals surface area contributed by atoms with Crippen molar-refractivity contribution in [3.63, 3.8) is 0 Å². The van der Waals surface area contributed by atoms with Gasteiger partial charge in [0.05, 0.1) is 6.20 Å². The fourth-order valence-corrected chi connectivity index (χ4v) is 2.15. The molecule has 0 unspecified atom stereocenters. The zero-order chi connectivity index (χ0) is 15.1. The number of nitrogens with zero attached hydrogens (tertiary/aromatic N) is 4. The van der Waals surface area contributed by atoms with Crippen LogP contribution in [0.1, 0.15) is 5.69 Å². The van der Waals surface area contributed by atoms with Gasteiger partial charge in [-0.1, -0.05) is 25.6 Å². The molecule has 2 aromatic rings. The number of hydrogen-bond acceptors (Lipinski definition) is 4. The minimum absolute atomic E-state index is 0.164. The normalized spacial score (nSPS) is 11.2. The van der Waals surface area contributed by atoms with E-state index in [1.807, 2.05) is 0 Å². The van der Waals surface area contributed by atoms with Crippen LogP contribution in [-0.4, -0.2) is 27.2 Å². The van der Waals surface area contributed by atoms with Crippen LogP contribution in [0.15, 0.2) is 15.8 Å². The summed E-state index contributed by atoms with van der Waals surface area (Å²) in [5, 5.41) is 0. The van der Waals surface area contributed by atoms with Gasteiger partial charge in [0.15, 0.2) is 11.2 Å². The second-order valence-electron chi connectivity index (χ2n) is 5.63. The third kappa shape index (κ3) is 2.55. The van der Waals surface area contributed by atoms with Gasteiger partial charge in [-0.15, -0.1) is 5.54 Å². The van der Waals surface area contributed by atoms with Crippen LogP contribution in [0.25, 0.3) is 11.2 Å². The van der Waals surface area contributed by atoms with Crippen LogP contribution in [-0.2, 0) is 14.1 Å². The summed E-state index contributed by atoms with van der Waals surface area (Å²) in [5.41, 5.74) is 3.19. The molecule has 0 aliphatic heterocycles. The largest absolute Gasteiger partial charge is 0.332 e. The summed E-state index contributed by atoms with van der Waals surface area (Å²) in [4.78, 5) is 32.2. The molecule has 6 nitrogen and oxygen atoms in total. The molecule has 0 amide bonds. The Morgan fingerprint density at radius 2 is 1.80 bits per heavy atom. The molecular formula is C13H16N4O2Si. The van der Waals surface area contributed by atoms with Gasteiger partial charge in [0.1, 0.15) is 13.8 Å². The van der Waals surface area contributed by atoms with Gasteiger partial charge in [0.2, 0.25) is 0 Å². The predicted molar refractivity (Wildman–Crippen MR) is 80.2 cm³/mol. The lowest BCUT2D eigenvalue weighted by Crippen LogP contribution is -2.37.